The van der Waals surface area contributed by atoms with Gasteiger partial charge in [-0.15, -0.1) is 29.9 Å². The maximum Gasteiger partial charge on any atom is 0.239 e. The van der Waals surface area contributed by atoms with Crippen LogP contribution in [0.15, 0.2) is 18.3 Å². The number of aromatic nitrogens is 2. The van der Waals surface area contributed by atoms with Gasteiger partial charge in [0.1, 0.15) is 0 Å². The summed E-state index contributed by atoms with van der Waals surface area (Å²) in [5.74, 6) is 1.34. The summed E-state index contributed by atoms with van der Waals surface area (Å²) in [7, 11) is 1.87. The molecule has 0 aromatic carbocycles. The van der Waals surface area contributed by atoms with Crippen LogP contribution in [0.4, 0.5) is 5.82 Å². The highest BCUT2D eigenvalue weighted by molar-refractivity contribution is 5.85. The van der Waals surface area contributed by atoms with E-state index in [2.05, 4.69) is 28.9 Å². The maximum atomic E-state index is 12.5. The lowest BCUT2D eigenvalue weighted by Crippen LogP contribution is -2.53. The van der Waals surface area contributed by atoms with E-state index in [1.807, 2.05) is 24.1 Å². The third-order valence-electron chi connectivity index (χ3n) is 4.22. The number of hydrogen-bond acceptors (Lipinski definition) is 5. The Labute approximate surface area is 157 Å². The van der Waals surface area contributed by atoms with E-state index in [-0.39, 0.29) is 36.8 Å². The van der Waals surface area contributed by atoms with Gasteiger partial charge in [-0.05, 0) is 37.3 Å². The zero-order valence-corrected chi connectivity index (χ0v) is 16.2. The molecule has 0 aliphatic carbocycles. The molecule has 2 rings (SSSR count). The summed E-state index contributed by atoms with van der Waals surface area (Å²) in [4.78, 5) is 16.5. The van der Waals surface area contributed by atoms with Crippen molar-refractivity contribution in [1.82, 2.24) is 15.1 Å². The van der Waals surface area contributed by atoms with Gasteiger partial charge in [0.15, 0.2) is 5.82 Å². The average Bonchev–Trinajstić information content (AvgIpc) is 2.53. The molecule has 1 aromatic rings. The third kappa shape index (κ3) is 6.07. The first-order chi connectivity index (χ1) is 10.5. The Morgan fingerprint density at radius 2 is 2.17 bits per heavy atom. The van der Waals surface area contributed by atoms with E-state index in [4.69, 9.17) is 5.73 Å². The number of nitrogens with zero attached hydrogens (tertiary/aromatic N) is 4. The molecule has 0 radical (unpaired) electrons. The molecule has 1 saturated heterocycles. The molecule has 1 aliphatic rings. The van der Waals surface area contributed by atoms with E-state index in [1.165, 1.54) is 0 Å². The van der Waals surface area contributed by atoms with Crippen LogP contribution in [-0.2, 0) is 4.79 Å². The maximum absolute atomic E-state index is 12.5. The summed E-state index contributed by atoms with van der Waals surface area (Å²) in [6, 6.07) is 3.62. The van der Waals surface area contributed by atoms with Crippen LogP contribution < -0.4 is 10.6 Å². The summed E-state index contributed by atoms with van der Waals surface area (Å²) in [6.45, 7) is 5.91. The summed E-state index contributed by atoms with van der Waals surface area (Å²) in [5, 5.41) is 8.10. The van der Waals surface area contributed by atoms with Crippen LogP contribution in [0.3, 0.4) is 0 Å². The Morgan fingerprint density at radius 1 is 1.46 bits per heavy atom. The molecule has 1 aromatic heterocycles. The van der Waals surface area contributed by atoms with Crippen LogP contribution in [0.5, 0.6) is 0 Å². The number of halogens is 2. The zero-order chi connectivity index (χ0) is 16.1. The molecule has 1 aliphatic heterocycles. The van der Waals surface area contributed by atoms with E-state index in [0.717, 1.165) is 38.2 Å². The molecule has 8 heteroatoms. The van der Waals surface area contributed by atoms with Gasteiger partial charge in [0.05, 0.1) is 6.04 Å². The van der Waals surface area contributed by atoms with Crippen molar-refractivity contribution in [1.29, 1.82) is 0 Å². The number of anilines is 1. The first-order valence-electron chi connectivity index (χ1n) is 8.04. The first-order valence-corrected chi connectivity index (χ1v) is 8.04. The van der Waals surface area contributed by atoms with E-state index < -0.39 is 6.04 Å². The second-order valence-corrected chi connectivity index (χ2v) is 6.51. The van der Waals surface area contributed by atoms with E-state index in [9.17, 15) is 4.79 Å². The van der Waals surface area contributed by atoms with E-state index >= 15 is 0 Å². The SMILES string of the molecule is CC(C)C[C@H](N)C(=O)N(C)C1CCCN(c2cccnn2)C1.Cl.Cl. The fourth-order valence-corrected chi connectivity index (χ4v) is 2.99. The smallest absolute Gasteiger partial charge is 0.239 e. The highest BCUT2D eigenvalue weighted by Crippen LogP contribution is 2.20. The minimum absolute atomic E-state index is 0. The van der Waals surface area contributed by atoms with Crippen molar-refractivity contribution in [3.8, 4) is 0 Å². The molecule has 1 unspecified atom stereocenters. The molecule has 138 valence electrons. The van der Waals surface area contributed by atoms with E-state index in [1.54, 1.807) is 6.20 Å². The number of rotatable bonds is 5. The van der Waals surface area contributed by atoms with Crippen LogP contribution in [-0.4, -0.2) is 53.2 Å². The summed E-state index contributed by atoms with van der Waals surface area (Å²) >= 11 is 0. The summed E-state index contributed by atoms with van der Waals surface area (Å²) < 4.78 is 0. The van der Waals surface area contributed by atoms with E-state index in [0.29, 0.717) is 5.92 Å². The lowest BCUT2D eigenvalue weighted by atomic mass is 10.0. The second kappa shape index (κ2) is 10.7. The molecule has 2 atom stereocenters. The molecule has 2 N–H and O–H groups in total. The first kappa shape index (κ1) is 22.9. The lowest BCUT2D eigenvalue weighted by Gasteiger charge is -2.38. The molecular formula is C16H29Cl2N5O. The Hall–Kier alpha value is -1.11. The molecular weight excluding hydrogens is 349 g/mol. The van der Waals surface area contributed by atoms with Gasteiger partial charge in [-0.2, -0.15) is 5.10 Å². The number of nitrogens with two attached hydrogens (primary N) is 1. The zero-order valence-electron chi connectivity index (χ0n) is 14.6. The predicted molar refractivity (Wildman–Crippen MR) is 102 cm³/mol. The van der Waals surface area contributed by atoms with Crippen molar-refractivity contribution < 1.29 is 4.79 Å². The Balaban J connectivity index is 0.00000264. The number of carbonyl (C=O) groups is 1. The van der Waals surface area contributed by atoms with Crippen LogP contribution in [0, 0.1) is 5.92 Å². The van der Waals surface area contributed by atoms with Crippen LogP contribution in [0.1, 0.15) is 33.1 Å². The minimum atomic E-state index is -0.406. The normalized spacial score (nSPS) is 18.4. The van der Waals surface area contributed by atoms with Gasteiger partial charge in [-0.25, -0.2) is 0 Å². The van der Waals surface area contributed by atoms with Crippen molar-refractivity contribution in [2.45, 2.75) is 45.2 Å². The number of likely N-dealkylation sites (N-methyl/N-ethyl adjacent to an activating group) is 1. The van der Waals surface area contributed by atoms with Gasteiger partial charge in [0.25, 0.3) is 0 Å². The highest BCUT2D eigenvalue weighted by Gasteiger charge is 2.29. The second-order valence-electron chi connectivity index (χ2n) is 6.51. The van der Waals surface area contributed by atoms with Gasteiger partial charge in [-0.1, -0.05) is 13.8 Å². The number of hydrogen-bond donors (Lipinski definition) is 1. The molecule has 6 nitrogen and oxygen atoms in total. The molecule has 0 bridgehead atoms. The molecule has 1 fully saturated rings. The van der Waals surface area contributed by atoms with Gasteiger partial charge >= 0.3 is 0 Å². The molecule has 24 heavy (non-hydrogen) atoms. The Bertz CT molecular complexity index is 489. The number of amides is 1. The van der Waals surface area contributed by atoms with Gasteiger partial charge in [-0.3, -0.25) is 4.79 Å². The fraction of sp³-hybridized carbons (Fsp3) is 0.688. The van der Waals surface area contributed by atoms with Crippen LogP contribution in [0.25, 0.3) is 0 Å². The molecule has 2 heterocycles. The van der Waals surface area contributed by atoms with Crippen molar-refractivity contribution in [3.63, 3.8) is 0 Å². The predicted octanol–water partition coefficient (Wildman–Crippen LogP) is 2.12. The fourth-order valence-electron chi connectivity index (χ4n) is 2.99. The van der Waals surface area contributed by atoms with Gasteiger partial charge in [0.2, 0.25) is 5.91 Å². The minimum Gasteiger partial charge on any atom is -0.353 e. The molecule has 0 spiro atoms. The lowest BCUT2D eigenvalue weighted by molar-refractivity contribution is -0.133. The van der Waals surface area contributed by atoms with Crippen molar-refractivity contribution in [2.24, 2.45) is 11.7 Å². The van der Waals surface area contributed by atoms with Crippen LogP contribution in [0.2, 0.25) is 0 Å². The topological polar surface area (TPSA) is 75.4 Å². The standard InChI is InChI=1S/C16H27N5O.2ClH/c1-12(2)10-14(17)16(22)20(3)13-6-5-9-21(11-13)15-7-4-8-18-19-15;;/h4,7-8,12-14H,5-6,9-11,17H2,1-3H3;2*1H/t13?,14-;;/m0../s1. The average molecular weight is 378 g/mol. The third-order valence-corrected chi connectivity index (χ3v) is 4.22. The number of carbonyl (C=O) groups excluding carboxylic acids is 1. The van der Waals surface area contributed by atoms with Crippen molar-refractivity contribution in [2.75, 3.05) is 25.0 Å². The van der Waals surface area contributed by atoms with Crippen molar-refractivity contribution in [3.05, 3.63) is 18.3 Å². The monoisotopic (exact) mass is 377 g/mol. The largest absolute Gasteiger partial charge is 0.353 e. The quantitative estimate of drug-likeness (QED) is 0.850. The summed E-state index contributed by atoms with van der Waals surface area (Å²) in [5.41, 5.74) is 6.04. The Kier molecular flexibility index (Phi) is 10.2. The highest BCUT2D eigenvalue weighted by atomic mass is 35.5. The Morgan fingerprint density at radius 3 is 2.75 bits per heavy atom. The summed E-state index contributed by atoms with van der Waals surface area (Å²) in [6.07, 6.45) is 4.45. The van der Waals surface area contributed by atoms with Gasteiger partial charge in [0, 0.05) is 32.4 Å². The molecule has 1 amide bonds. The van der Waals surface area contributed by atoms with Crippen LogP contribution >= 0.6 is 24.8 Å². The molecule has 0 saturated carbocycles. The number of piperidine rings is 1. The van der Waals surface area contributed by atoms with Gasteiger partial charge < -0.3 is 15.5 Å². The van der Waals surface area contributed by atoms with Crippen molar-refractivity contribution >= 4 is 36.5 Å².